The van der Waals surface area contributed by atoms with Gasteiger partial charge in [-0.15, -0.1) is 10.2 Å². The number of nitrogens with zero attached hydrogens (tertiary/aromatic N) is 3. The highest BCUT2D eigenvalue weighted by molar-refractivity contribution is 8.01. The molecular formula is C19H24N4OS2. The molecule has 5 nitrogen and oxygen atoms in total. The summed E-state index contributed by atoms with van der Waals surface area (Å²) in [5, 5.41) is 12.4. The van der Waals surface area contributed by atoms with Crippen LogP contribution in [0.3, 0.4) is 0 Å². The Morgan fingerprint density at radius 1 is 1.15 bits per heavy atom. The summed E-state index contributed by atoms with van der Waals surface area (Å²) in [4.78, 5) is 14.9. The summed E-state index contributed by atoms with van der Waals surface area (Å²) in [6.45, 7) is 0.928. The number of piperidine rings is 1. The fourth-order valence-corrected chi connectivity index (χ4v) is 5.76. The van der Waals surface area contributed by atoms with Crippen LogP contribution in [-0.4, -0.2) is 39.3 Å². The van der Waals surface area contributed by atoms with Crippen molar-refractivity contribution in [3.63, 3.8) is 0 Å². The van der Waals surface area contributed by atoms with Gasteiger partial charge >= 0.3 is 0 Å². The molecule has 1 N–H and O–H groups in total. The third-order valence-corrected chi connectivity index (χ3v) is 7.27. The van der Waals surface area contributed by atoms with Gasteiger partial charge in [-0.2, -0.15) is 0 Å². The van der Waals surface area contributed by atoms with Crippen LogP contribution >= 0.6 is 23.1 Å². The maximum Gasteiger partial charge on any atom is 0.233 e. The highest BCUT2D eigenvalue weighted by Gasteiger charge is 2.35. The summed E-state index contributed by atoms with van der Waals surface area (Å²) in [6, 6.07) is 10.4. The van der Waals surface area contributed by atoms with Crippen molar-refractivity contribution in [2.24, 2.45) is 5.92 Å². The van der Waals surface area contributed by atoms with Gasteiger partial charge in [0.1, 0.15) is 0 Å². The molecular weight excluding hydrogens is 364 g/mol. The van der Waals surface area contributed by atoms with Gasteiger partial charge in [0.25, 0.3) is 0 Å². The van der Waals surface area contributed by atoms with Gasteiger partial charge in [0.05, 0.1) is 5.75 Å². The molecule has 1 saturated heterocycles. The van der Waals surface area contributed by atoms with Gasteiger partial charge in [-0.1, -0.05) is 54.1 Å². The lowest BCUT2D eigenvalue weighted by Gasteiger charge is -2.44. The minimum atomic E-state index is 0.263. The summed E-state index contributed by atoms with van der Waals surface area (Å²) in [5.74, 6) is 1.46. The van der Waals surface area contributed by atoms with E-state index in [-0.39, 0.29) is 5.91 Å². The number of carbonyl (C=O) groups is 1. The quantitative estimate of drug-likeness (QED) is 0.761. The van der Waals surface area contributed by atoms with E-state index in [1.807, 2.05) is 30.3 Å². The maximum atomic E-state index is 12.8. The van der Waals surface area contributed by atoms with Crippen molar-refractivity contribution in [1.29, 1.82) is 0 Å². The first-order chi connectivity index (χ1) is 12.8. The molecule has 7 heteroatoms. The molecule has 2 fully saturated rings. The molecule has 4 rings (SSSR count). The van der Waals surface area contributed by atoms with E-state index in [2.05, 4.69) is 20.4 Å². The number of hydrogen-bond acceptors (Lipinski definition) is 6. The molecule has 1 aromatic carbocycles. The molecule has 2 heterocycles. The number of nitrogens with one attached hydrogen (secondary N) is 1. The first-order valence-corrected chi connectivity index (χ1v) is 11.2. The Balaban J connectivity index is 1.31. The second kappa shape index (κ2) is 8.39. The second-order valence-corrected chi connectivity index (χ2v) is 9.19. The Morgan fingerprint density at radius 2 is 1.96 bits per heavy atom. The van der Waals surface area contributed by atoms with Crippen molar-refractivity contribution in [2.45, 2.75) is 48.9 Å². The molecule has 0 spiro atoms. The number of amides is 1. The van der Waals surface area contributed by atoms with Gasteiger partial charge in [-0.05, 0) is 43.7 Å². The first-order valence-electron chi connectivity index (χ1n) is 9.37. The fourth-order valence-electron chi connectivity index (χ4n) is 4.10. The minimum Gasteiger partial charge on any atom is -0.339 e. The molecule has 0 radical (unpaired) electrons. The molecule has 1 aliphatic carbocycles. The lowest BCUT2D eigenvalue weighted by Crippen LogP contribution is -2.50. The molecule has 26 heavy (non-hydrogen) atoms. The molecule has 138 valence electrons. The number of carbonyl (C=O) groups excluding carboxylic acids is 1. The zero-order valence-electron chi connectivity index (χ0n) is 14.8. The molecule has 2 unspecified atom stereocenters. The predicted molar refractivity (Wildman–Crippen MR) is 107 cm³/mol. The number of fused-ring (bicyclic) bond motifs is 1. The minimum absolute atomic E-state index is 0.263. The largest absolute Gasteiger partial charge is 0.339 e. The smallest absolute Gasteiger partial charge is 0.233 e. The van der Waals surface area contributed by atoms with Crippen molar-refractivity contribution < 1.29 is 4.79 Å². The SMILES string of the molecule is O=C(CSc1nnc(Nc2ccccc2)s1)N1CCCC2CCCCC21. The van der Waals surface area contributed by atoms with Crippen LogP contribution in [0.4, 0.5) is 10.8 Å². The topological polar surface area (TPSA) is 58.1 Å². The van der Waals surface area contributed by atoms with E-state index in [9.17, 15) is 4.79 Å². The maximum absolute atomic E-state index is 12.8. The second-order valence-electron chi connectivity index (χ2n) is 6.99. The molecule has 1 aliphatic heterocycles. The first kappa shape index (κ1) is 17.8. The number of aromatic nitrogens is 2. The summed E-state index contributed by atoms with van der Waals surface area (Å²) < 4.78 is 0.842. The number of benzene rings is 1. The average Bonchev–Trinajstić information content (AvgIpc) is 3.14. The van der Waals surface area contributed by atoms with E-state index in [1.54, 1.807) is 0 Å². The molecule has 1 saturated carbocycles. The van der Waals surface area contributed by atoms with E-state index in [4.69, 9.17) is 0 Å². The van der Waals surface area contributed by atoms with E-state index in [0.29, 0.717) is 11.8 Å². The molecule has 1 amide bonds. The van der Waals surface area contributed by atoms with E-state index >= 15 is 0 Å². The third-order valence-electron chi connectivity index (χ3n) is 5.31. The molecule has 0 bridgehead atoms. The Morgan fingerprint density at radius 3 is 2.85 bits per heavy atom. The number of rotatable bonds is 5. The van der Waals surface area contributed by atoms with Crippen LogP contribution in [0.25, 0.3) is 0 Å². The Labute approximate surface area is 162 Å². The number of thioether (sulfide) groups is 1. The highest BCUT2D eigenvalue weighted by Crippen LogP contribution is 2.36. The summed E-state index contributed by atoms with van der Waals surface area (Å²) >= 11 is 3.00. The predicted octanol–water partition coefficient (Wildman–Crippen LogP) is 4.56. The Hall–Kier alpha value is -1.60. The van der Waals surface area contributed by atoms with Crippen LogP contribution < -0.4 is 5.32 Å². The van der Waals surface area contributed by atoms with Gasteiger partial charge in [-0.25, -0.2) is 0 Å². The molecule has 2 aliphatic rings. The van der Waals surface area contributed by atoms with Crippen LogP contribution in [0.5, 0.6) is 0 Å². The van der Waals surface area contributed by atoms with Crippen LogP contribution in [0, 0.1) is 5.92 Å². The fraction of sp³-hybridized carbons (Fsp3) is 0.526. The normalized spacial score (nSPS) is 22.7. The van der Waals surface area contributed by atoms with Crippen molar-refractivity contribution in [2.75, 3.05) is 17.6 Å². The van der Waals surface area contributed by atoms with Crippen molar-refractivity contribution >= 4 is 39.8 Å². The Bertz CT molecular complexity index is 734. The third kappa shape index (κ3) is 4.20. The Kier molecular flexibility index (Phi) is 5.75. The molecule has 2 atom stereocenters. The van der Waals surface area contributed by atoms with Gasteiger partial charge in [0.15, 0.2) is 4.34 Å². The van der Waals surface area contributed by atoms with Crippen LogP contribution in [0.1, 0.15) is 38.5 Å². The lowest BCUT2D eigenvalue weighted by atomic mass is 9.78. The summed E-state index contributed by atoms with van der Waals surface area (Å²) in [6.07, 6.45) is 7.54. The van der Waals surface area contributed by atoms with Crippen molar-refractivity contribution in [3.8, 4) is 0 Å². The number of hydrogen-bond donors (Lipinski definition) is 1. The number of para-hydroxylation sites is 1. The lowest BCUT2D eigenvalue weighted by molar-refractivity contribution is -0.134. The molecule has 2 aromatic rings. The van der Waals surface area contributed by atoms with E-state index < -0.39 is 0 Å². The van der Waals surface area contributed by atoms with Crippen LogP contribution in [-0.2, 0) is 4.79 Å². The van der Waals surface area contributed by atoms with Crippen molar-refractivity contribution in [1.82, 2.24) is 15.1 Å². The zero-order chi connectivity index (χ0) is 17.8. The van der Waals surface area contributed by atoms with Gasteiger partial charge < -0.3 is 10.2 Å². The van der Waals surface area contributed by atoms with Crippen LogP contribution in [0.2, 0.25) is 0 Å². The standard InChI is InChI=1S/C19H24N4OS2/c24-17(23-12-6-8-14-7-4-5-11-16(14)23)13-25-19-22-21-18(26-19)20-15-9-2-1-3-10-15/h1-3,9-10,14,16H,4-8,11-13H2,(H,20,21). The molecule has 1 aromatic heterocycles. The summed E-state index contributed by atoms with van der Waals surface area (Å²) in [7, 11) is 0. The zero-order valence-corrected chi connectivity index (χ0v) is 16.4. The summed E-state index contributed by atoms with van der Waals surface area (Å²) in [5.41, 5.74) is 0.993. The van der Waals surface area contributed by atoms with E-state index in [0.717, 1.165) is 34.0 Å². The monoisotopic (exact) mass is 388 g/mol. The van der Waals surface area contributed by atoms with Gasteiger partial charge in [-0.3, -0.25) is 4.79 Å². The van der Waals surface area contributed by atoms with E-state index in [1.165, 1.54) is 55.2 Å². The number of anilines is 2. The van der Waals surface area contributed by atoms with Gasteiger partial charge in [0, 0.05) is 18.3 Å². The average molecular weight is 389 g/mol. The van der Waals surface area contributed by atoms with Crippen LogP contribution in [0.15, 0.2) is 34.7 Å². The van der Waals surface area contributed by atoms with Crippen molar-refractivity contribution in [3.05, 3.63) is 30.3 Å². The van der Waals surface area contributed by atoms with Gasteiger partial charge in [0.2, 0.25) is 11.0 Å². The number of likely N-dealkylation sites (tertiary alicyclic amines) is 1. The highest BCUT2D eigenvalue weighted by atomic mass is 32.2.